The molecular weight excluding hydrogens is 1010 g/mol. The number of hydrogen-bond acceptors (Lipinski definition) is 8. The van der Waals surface area contributed by atoms with E-state index < -0.39 is 35.0 Å². The van der Waals surface area contributed by atoms with E-state index in [4.69, 9.17) is 55.9 Å². The number of carbonyl (C=O) groups is 2. The van der Waals surface area contributed by atoms with Gasteiger partial charge in [-0.1, -0.05) is 58.5 Å². The summed E-state index contributed by atoms with van der Waals surface area (Å²) in [6.45, 7) is 1.34. The van der Waals surface area contributed by atoms with Crippen LogP contribution in [0, 0.1) is 11.6 Å². The topological polar surface area (TPSA) is 157 Å². The van der Waals surface area contributed by atoms with Crippen LogP contribution in [-0.4, -0.2) is 90.2 Å². The summed E-state index contributed by atoms with van der Waals surface area (Å²) in [5.74, 6) is 0.114. The van der Waals surface area contributed by atoms with Crippen LogP contribution in [0.25, 0.3) is 44.3 Å². The molecule has 0 bridgehead atoms. The highest BCUT2D eigenvalue weighted by Crippen LogP contribution is 2.46. The minimum Gasteiger partial charge on any atom is -0.479 e. The first-order chi connectivity index (χ1) is 34.6. The van der Waals surface area contributed by atoms with E-state index in [1.807, 2.05) is 60.9 Å². The molecule has 4 N–H and O–H groups in total. The number of rotatable bonds is 6. The number of hydrogen-bond donors (Lipinski definition) is 4. The predicted molar refractivity (Wildman–Crippen MR) is 272 cm³/mol. The van der Waals surface area contributed by atoms with Crippen LogP contribution < -0.4 is 9.47 Å². The van der Waals surface area contributed by atoms with Crippen molar-refractivity contribution < 1.29 is 38.1 Å². The average Bonchev–Trinajstić information content (AvgIpc) is 4.20. The molecule has 0 spiro atoms. The number of nitrogens with zero attached hydrogens (tertiary/aromatic N) is 4. The number of carbonyl (C=O) groups excluding carboxylic acids is 2. The minimum atomic E-state index is -1.22. The van der Waals surface area contributed by atoms with Gasteiger partial charge < -0.3 is 39.5 Å². The Morgan fingerprint density at radius 1 is 0.569 bits per heavy atom. The van der Waals surface area contributed by atoms with Crippen molar-refractivity contribution in [1.82, 2.24) is 29.7 Å². The van der Waals surface area contributed by atoms with Gasteiger partial charge in [-0.25, -0.2) is 18.7 Å². The fourth-order valence-corrected chi connectivity index (χ4v) is 11.8. The van der Waals surface area contributed by atoms with Crippen LogP contribution in [-0.2, 0) is 33.6 Å². The van der Waals surface area contributed by atoms with E-state index in [1.165, 1.54) is 36.4 Å². The van der Waals surface area contributed by atoms with Crippen LogP contribution in [0.3, 0.4) is 0 Å². The second kappa shape index (κ2) is 19.0. The molecule has 2 amide bonds. The normalized spacial score (nSPS) is 18.8. The first-order valence-corrected chi connectivity index (χ1v) is 24.9. The third kappa shape index (κ3) is 8.92. The van der Waals surface area contributed by atoms with Crippen LogP contribution in [0.5, 0.6) is 11.5 Å². The van der Waals surface area contributed by atoms with E-state index in [-0.39, 0.29) is 21.9 Å². The van der Waals surface area contributed by atoms with Crippen LogP contribution >= 0.6 is 46.4 Å². The van der Waals surface area contributed by atoms with Gasteiger partial charge in [0.1, 0.15) is 34.4 Å². The third-order valence-electron chi connectivity index (χ3n) is 14.3. The molecule has 2 saturated heterocycles. The summed E-state index contributed by atoms with van der Waals surface area (Å²) < 4.78 is 39.4. The van der Waals surface area contributed by atoms with Crippen LogP contribution in [0.2, 0.25) is 20.1 Å². The Morgan fingerprint density at radius 2 is 0.972 bits per heavy atom. The number of likely N-dealkylation sites (tertiary alicyclic amines) is 2. The molecule has 0 aliphatic carbocycles. The quantitative estimate of drug-likeness (QED) is 0.128. The summed E-state index contributed by atoms with van der Waals surface area (Å²) in [7, 11) is 0. The first kappa shape index (κ1) is 48.0. The zero-order valence-corrected chi connectivity index (χ0v) is 41.2. The second-order valence-corrected chi connectivity index (χ2v) is 20.4. The van der Waals surface area contributed by atoms with E-state index in [9.17, 15) is 28.6 Å². The van der Waals surface area contributed by atoms with Gasteiger partial charge in [-0.15, -0.1) is 0 Å². The van der Waals surface area contributed by atoms with Crippen molar-refractivity contribution >= 4 is 80.3 Å². The van der Waals surface area contributed by atoms with Crippen LogP contribution in [0.1, 0.15) is 47.9 Å². The highest BCUT2D eigenvalue weighted by molar-refractivity contribution is 6.32. The van der Waals surface area contributed by atoms with Gasteiger partial charge in [-0.05, 0) is 110 Å². The van der Waals surface area contributed by atoms with Gasteiger partial charge in [0, 0.05) is 128 Å². The molecule has 4 aromatic heterocycles. The molecule has 0 unspecified atom stereocenters. The molecule has 8 aromatic rings. The maximum Gasteiger partial charge on any atom is 0.263 e. The number of H-pyrrole nitrogens is 2. The number of aromatic nitrogens is 4. The van der Waals surface area contributed by atoms with Crippen molar-refractivity contribution in [1.29, 1.82) is 0 Å². The van der Waals surface area contributed by atoms with Gasteiger partial charge in [0.15, 0.2) is 12.2 Å². The Morgan fingerprint density at radius 3 is 1.36 bits per heavy atom. The van der Waals surface area contributed by atoms with Gasteiger partial charge in [-0.2, -0.15) is 0 Å². The lowest BCUT2D eigenvalue weighted by Gasteiger charge is -2.39. The zero-order chi connectivity index (χ0) is 50.1. The zero-order valence-electron chi connectivity index (χ0n) is 38.2. The van der Waals surface area contributed by atoms with E-state index in [1.54, 1.807) is 22.2 Å². The smallest absolute Gasteiger partial charge is 0.263 e. The molecule has 12 rings (SSSR count). The van der Waals surface area contributed by atoms with Crippen molar-refractivity contribution in [2.45, 2.75) is 61.9 Å². The number of aliphatic hydroxyl groups is 2. The number of amides is 2. The summed E-state index contributed by atoms with van der Waals surface area (Å²) >= 11 is 25.3. The SMILES string of the molecule is O=C([C@@H]1Cc2cc(Cl)cc(-c3ccnc4[nH]ccc34)c2O1)N1CCC(O)(c2ccc(F)cc2Cl)CC1.O=C([C@H]1Cc2cc(Cl)cc(-c3ccnc4[nH]ccc34)c2O1)N1CCC(O)(c2ccc(F)cc2Cl)CC1. The lowest BCUT2D eigenvalue weighted by Crippen LogP contribution is -2.49. The van der Waals surface area contributed by atoms with Gasteiger partial charge in [0.25, 0.3) is 11.8 Å². The van der Waals surface area contributed by atoms with Gasteiger partial charge in [0.05, 0.1) is 11.2 Å². The van der Waals surface area contributed by atoms with E-state index in [0.717, 1.165) is 55.4 Å². The standard InChI is InChI=1S/2C27H22Cl2FN3O3/c2*28-16-11-15-12-23(36-24(15)20(13-16)18-3-7-31-25-19(18)4-8-32-25)26(34)33-9-5-27(35,6-10-33)21-2-1-17(30)14-22(21)29/h2*1-4,7-8,11,13-14,23,35H,5-6,9-10,12H2,(H,31,32)/t2*23-/m10/s1. The summed E-state index contributed by atoms with van der Waals surface area (Å²) in [6, 6.07) is 23.1. The number of ether oxygens (including phenoxy) is 2. The minimum absolute atomic E-state index is 0.137. The Balaban J connectivity index is 0.000000156. The molecule has 12 nitrogen and oxygen atoms in total. The van der Waals surface area contributed by atoms with E-state index >= 15 is 0 Å². The highest BCUT2D eigenvalue weighted by atomic mass is 35.5. The van der Waals surface area contributed by atoms with Crippen molar-refractivity contribution in [3.05, 3.63) is 164 Å². The van der Waals surface area contributed by atoms with E-state index in [2.05, 4.69) is 19.9 Å². The molecule has 4 aromatic carbocycles. The Kier molecular flexibility index (Phi) is 12.7. The van der Waals surface area contributed by atoms with Crippen LogP contribution in [0.4, 0.5) is 8.78 Å². The molecule has 2 atom stereocenters. The largest absolute Gasteiger partial charge is 0.479 e. The molecular formula is C54H44Cl4F2N6O6. The molecule has 18 heteroatoms. The number of benzene rings is 4. The van der Waals surface area contributed by atoms with Crippen molar-refractivity contribution in [2.75, 3.05) is 26.2 Å². The molecule has 2 fully saturated rings. The van der Waals surface area contributed by atoms with Crippen molar-refractivity contribution in [3.63, 3.8) is 0 Å². The molecule has 0 radical (unpaired) electrons. The van der Waals surface area contributed by atoms with E-state index in [0.29, 0.717) is 97.4 Å². The number of halogens is 6. The van der Waals surface area contributed by atoms with Crippen LogP contribution in [0.15, 0.2) is 110 Å². The Labute approximate surface area is 431 Å². The lowest BCUT2D eigenvalue weighted by atomic mass is 9.84. The Hall–Kier alpha value is -6.26. The maximum atomic E-state index is 13.5. The Bertz CT molecular complexity index is 3220. The third-order valence-corrected chi connectivity index (χ3v) is 15.4. The first-order valence-electron chi connectivity index (χ1n) is 23.4. The summed E-state index contributed by atoms with van der Waals surface area (Å²) in [5.41, 5.74) is 5.28. The highest BCUT2D eigenvalue weighted by Gasteiger charge is 2.43. The van der Waals surface area contributed by atoms with Gasteiger partial charge in [0.2, 0.25) is 0 Å². The maximum absolute atomic E-state index is 13.5. The summed E-state index contributed by atoms with van der Waals surface area (Å²) in [4.78, 5) is 45.2. The number of piperidine rings is 2. The van der Waals surface area contributed by atoms with Gasteiger partial charge in [-0.3, -0.25) is 9.59 Å². The summed E-state index contributed by atoms with van der Waals surface area (Å²) in [6.07, 6.45) is 7.75. The lowest BCUT2D eigenvalue weighted by molar-refractivity contribution is -0.143. The number of fused-ring (bicyclic) bond motifs is 4. The summed E-state index contributed by atoms with van der Waals surface area (Å²) in [5, 5.41) is 25.8. The molecule has 4 aliphatic rings. The second-order valence-electron chi connectivity index (χ2n) is 18.7. The molecule has 368 valence electrons. The fourth-order valence-electron chi connectivity index (χ4n) is 10.6. The molecule has 0 saturated carbocycles. The molecule has 8 heterocycles. The van der Waals surface area contributed by atoms with Crippen molar-refractivity contribution in [3.8, 4) is 33.8 Å². The predicted octanol–water partition coefficient (Wildman–Crippen LogP) is 11.0. The molecule has 72 heavy (non-hydrogen) atoms. The number of nitrogens with one attached hydrogen (secondary N) is 2. The number of pyridine rings is 2. The fraction of sp³-hybridized carbons (Fsp3) is 0.259. The van der Waals surface area contributed by atoms with Gasteiger partial charge >= 0.3 is 0 Å². The number of aromatic amines is 2. The van der Waals surface area contributed by atoms with Crippen molar-refractivity contribution in [2.24, 2.45) is 0 Å². The monoisotopic (exact) mass is 1050 g/mol. The average molecular weight is 1050 g/mol. The molecule has 4 aliphatic heterocycles.